The van der Waals surface area contributed by atoms with Gasteiger partial charge in [-0.2, -0.15) is 0 Å². The van der Waals surface area contributed by atoms with Gasteiger partial charge in [-0.25, -0.2) is 4.99 Å². The number of aromatic nitrogens is 1. The Morgan fingerprint density at radius 1 is 1.19 bits per heavy atom. The summed E-state index contributed by atoms with van der Waals surface area (Å²) >= 11 is 0. The number of carbonyl (C=O) groups excluding carboxylic acids is 1. The molecular formula is C24H34IN5O2. The Balaban J connectivity index is 0.00000363. The maximum absolute atomic E-state index is 12.5. The van der Waals surface area contributed by atoms with E-state index in [4.69, 9.17) is 4.74 Å². The van der Waals surface area contributed by atoms with Gasteiger partial charge in [0.05, 0.1) is 19.7 Å². The van der Waals surface area contributed by atoms with E-state index in [0.717, 1.165) is 36.6 Å². The summed E-state index contributed by atoms with van der Waals surface area (Å²) in [6, 6.07) is 13.8. The minimum atomic E-state index is 0. The number of hydrogen-bond acceptors (Lipinski definition) is 4. The zero-order valence-corrected chi connectivity index (χ0v) is 21.2. The van der Waals surface area contributed by atoms with Gasteiger partial charge in [-0.05, 0) is 43.9 Å². The summed E-state index contributed by atoms with van der Waals surface area (Å²) in [5.41, 5.74) is 2.02. The Morgan fingerprint density at radius 2 is 1.97 bits per heavy atom. The Labute approximate surface area is 208 Å². The fourth-order valence-electron chi connectivity index (χ4n) is 3.02. The van der Waals surface area contributed by atoms with Crippen LogP contribution in [0, 0.1) is 5.92 Å². The topological polar surface area (TPSA) is 78.9 Å². The van der Waals surface area contributed by atoms with E-state index in [0.29, 0.717) is 25.0 Å². The van der Waals surface area contributed by atoms with E-state index in [1.807, 2.05) is 56.4 Å². The fraction of sp³-hybridized carbons (Fsp3) is 0.458. The lowest BCUT2D eigenvalue weighted by Crippen LogP contribution is -2.44. The molecule has 0 saturated heterocycles. The number of halogens is 1. The first-order valence-electron chi connectivity index (χ1n) is 11.0. The van der Waals surface area contributed by atoms with Crippen LogP contribution in [-0.4, -0.2) is 55.0 Å². The van der Waals surface area contributed by atoms with Gasteiger partial charge in [-0.1, -0.05) is 24.3 Å². The van der Waals surface area contributed by atoms with Gasteiger partial charge in [0.25, 0.3) is 0 Å². The third-order valence-corrected chi connectivity index (χ3v) is 5.16. The summed E-state index contributed by atoms with van der Waals surface area (Å²) < 4.78 is 5.97. The van der Waals surface area contributed by atoms with E-state index in [2.05, 4.69) is 20.6 Å². The number of para-hydroxylation sites is 1. The van der Waals surface area contributed by atoms with Gasteiger partial charge < -0.3 is 20.3 Å². The number of guanidine groups is 1. The monoisotopic (exact) mass is 551 g/mol. The van der Waals surface area contributed by atoms with Crippen molar-refractivity contribution in [2.75, 3.05) is 33.3 Å². The summed E-state index contributed by atoms with van der Waals surface area (Å²) in [6.45, 7) is 4.79. The molecule has 0 bridgehead atoms. The fourth-order valence-corrected chi connectivity index (χ4v) is 3.02. The van der Waals surface area contributed by atoms with Crippen molar-refractivity contribution >= 4 is 35.8 Å². The highest BCUT2D eigenvalue weighted by molar-refractivity contribution is 14.0. The number of nitrogens with zero attached hydrogens (tertiary/aromatic N) is 3. The lowest BCUT2D eigenvalue weighted by Gasteiger charge is -2.18. The number of carbonyl (C=O) groups is 1. The molecule has 1 heterocycles. The smallest absolute Gasteiger partial charge is 0.241 e. The van der Waals surface area contributed by atoms with E-state index in [9.17, 15) is 4.79 Å². The molecule has 32 heavy (non-hydrogen) atoms. The molecule has 1 saturated carbocycles. The molecule has 0 spiro atoms. The van der Waals surface area contributed by atoms with Crippen molar-refractivity contribution in [2.45, 2.75) is 32.7 Å². The molecule has 0 radical (unpaired) electrons. The molecule has 1 aliphatic rings. The first-order chi connectivity index (χ1) is 15.2. The number of likely N-dealkylation sites (N-methyl/N-ethyl adjacent to an activating group) is 1. The Hall–Kier alpha value is -2.36. The number of pyridine rings is 1. The SMILES string of the molecule is CCNC(=NCc1ccccc1OCC1CC1)NCC(=O)N(C)CCc1ccccn1.I. The van der Waals surface area contributed by atoms with Crippen LogP contribution in [0.15, 0.2) is 53.7 Å². The second-order valence-corrected chi connectivity index (χ2v) is 7.80. The molecule has 2 N–H and O–H groups in total. The highest BCUT2D eigenvalue weighted by Gasteiger charge is 2.22. The maximum atomic E-state index is 12.5. The van der Waals surface area contributed by atoms with Gasteiger partial charge in [0.1, 0.15) is 5.75 Å². The van der Waals surface area contributed by atoms with Crippen LogP contribution in [0.4, 0.5) is 0 Å². The van der Waals surface area contributed by atoms with Crippen LogP contribution >= 0.6 is 24.0 Å². The van der Waals surface area contributed by atoms with Gasteiger partial charge in [-0.15, -0.1) is 24.0 Å². The molecule has 0 atom stereocenters. The Bertz CT molecular complexity index is 858. The van der Waals surface area contributed by atoms with Crippen LogP contribution in [0.1, 0.15) is 31.0 Å². The summed E-state index contributed by atoms with van der Waals surface area (Å²) in [6.07, 6.45) is 5.03. The molecule has 1 amide bonds. The van der Waals surface area contributed by atoms with Crippen LogP contribution in [0.3, 0.4) is 0 Å². The quantitative estimate of drug-likeness (QED) is 0.255. The third-order valence-electron chi connectivity index (χ3n) is 5.16. The van der Waals surface area contributed by atoms with Crippen molar-refractivity contribution < 1.29 is 9.53 Å². The summed E-state index contributed by atoms with van der Waals surface area (Å²) in [5, 5.41) is 6.34. The summed E-state index contributed by atoms with van der Waals surface area (Å²) in [5.74, 6) is 2.22. The highest BCUT2D eigenvalue weighted by Crippen LogP contribution is 2.30. The predicted molar refractivity (Wildman–Crippen MR) is 138 cm³/mol. The molecule has 7 nitrogen and oxygen atoms in total. The first kappa shape index (κ1) is 25.9. The number of hydrogen-bond donors (Lipinski definition) is 2. The number of ether oxygens (including phenoxy) is 1. The first-order valence-corrected chi connectivity index (χ1v) is 11.0. The van der Waals surface area contributed by atoms with Gasteiger partial charge in [0.2, 0.25) is 5.91 Å². The van der Waals surface area contributed by atoms with Crippen molar-refractivity contribution in [2.24, 2.45) is 10.9 Å². The van der Waals surface area contributed by atoms with Crippen LogP contribution in [0.2, 0.25) is 0 Å². The summed E-state index contributed by atoms with van der Waals surface area (Å²) in [4.78, 5) is 23.2. The van der Waals surface area contributed by atoms with Crippen LogP contribution in [0.5, 0.6) is 5.75 Å². The highest BCUT2D eigenvalue weighted by atomic mass is 127. The van der Waals surface area contributed by atoms with E-state index < -0.39 is 0 Å². The third kappa shape index (κ3) is 9.02. The molecule has 2 aromatic rings. The van der Waals surface area contributed by atoms with Crippen molar-refractivity contribution in [1.82, 2.24) is 20.5 Å². The maximum Gasteiger partial charge on any atom is 0.241 e. The molecule has 0 aliphatic heterocycles. The van der Waals surface area contributed by atoms with Gasteiger partial charge >= 0.3 is 0 Å². The number of rotatable bonds is 11. The van der Waals surface area contributed by atoms with Gasteiger partial charge in [0.15, 0.2) is 5.96 Å². The second-order valence-electron chi connectivity index (χ2n) is 7.80. The second kappa shape index (κ2) is 13.9. The van der Waals surface area contributed by atoms with Crippen molar-refractivity contribution in [1.29, 1.82) is 0 Å². The van der Waals surface area contributed by atoms with E-state index in [1.165, 1.54) is 12.8 Å². The van der Waals surface area contributed by atoms with Crippen LogP contribution in [0.25, 0.3) is 0 Å². The van der Waals surface area contributed by atoms with Gasteiger partial charge in [0, 0.05) is 44.0 Å². The zero-order valence-electron chi connectivity index (χ0n) is 18.9. The van der Waals surface area contributed by atoms with Crippen molar-refractivity contribution in [3.63, 3.8) is 0 Å². The van der Waals surface area contributed by atoms with E-state index in [-0.39, 0.29) is 36.4 Å². The molecule has 8 heteroatoms. The molecular weight excluding hydrogens is 517 g/mol. The van der Waals surface area contributed by atoms with Crippen LogP contribution < -0.4 is 15.4 Å². The van der Waals surface area contributed by atoms with Gasteiger partial charge in [-0.3, -0.25) is 9.78 Å². The van der Waals surface area contributed by atoms with Crippen LogP contribution in [-0.2, 0) is 17.8 Å². The molecule has 174 valence electrons. The molecule has 0 unspecified atom stereocenters. The molecule has 3 rings (SSSR count). The molecule has 1 fully saturated rings. The lowest BCUT2D eigenvalue weighted by atomic mass is 10.2. The van der Waals surface area contributed by atoms with Crippen molar-refractivity contribution in [3.8, 4) is 5.75 Å². The van der Waals surface area contributed by atoms with E-state index in [1.54, 1.807) is 11.1 Å². The predicted octanol–water partition coefficient (Wildman–Crippen LogP) is 3.24. The number of aliphatic imine (C=N–C) groups is 1. The number of nitrogens with one attached hydrogen (secondary N) is 2. The minimum absolute atomic E-state index is 0. The Kier molecular flexibility index (Phi) is 11.3. The average molecular weight is 551 g/mol. The molecule has 1 aromatic carbocycles. The number of amides is 1. The van der Waals surface area contributed by atoms with E-state index >= 15 is 0 Å². The molecule has 1 aromatic heterocycles. The average Bonchev–Trinajstić information content (AvgIpc) is 3.63. The zero-order chi connectivity index (χ0) is 21.9. The summed E-state index contributed by atoms with van der Waals surface area (Å²) in [7, 11) is 1.81. The largest absolute Gasteiger partial charge is 0.493 e. The minimum Gasteiger partial charge on any atom is -0.493 e. The normalized spacial score (nSPS) is 13.1. The van der Waals surface area contributed by atoms with Crippen molar-refractivity contribution in [3.05, 3.63) is 59.9 Å². The Morgan fingerprint density at radius 3 is 2.69 bits per heavy atom. The number of benzene rings is 1. The lowest BCUT2D eigenvalue weighted by molar-refractivity contribution is -0.128. The molecule has 1 aliphatic carbocycles. The standard InChI is InChI=1S/C24H33N5O2.HI/c1-3-25-24(27-16-20-8-4-5-10-22(20)31-18-19-11-12-19)28-17-23(30)29(2)15-13-21-9-6-7-14-26-21;/h4-10,14,19H,3,11-13,15-18H2,1-2H3,(H2,25,27,28);1H.